The van der Waals surface area contributed by atoms with Crippen LogP contribution in [0.2, 0.25) is 0 Å². The molecule has 0 amide bonds. The first-order valence-corrected chi connectivity index (χ1v) is 11.0. The summed E-state index contributed by atoms with van der Waals surface area (Å²) in [7, 11) is 0. The smallest absolute Gasteiger partial charge is 0.257 e. The van der Waals surface area contributed by atoms with Gasteiger partial charge in [0.15, 0.2) is 5.58 Å². The molecule has 0 fully saturated rings. The van der Waals surface area contributed by atoms with Crippen molar-refractivity contribution in [1.82, 2.24) is 30.2 Å². The molecule has 6 rings (SSSR count). The van der Waals surface area contributed by atoms with Crippen LogP contribution in [0.1, 0.15) is 11.5 Å². The van der Waals surface area contributed by atoms with E-state index in [4.69, 9.17) is 8.83 Å². The van der Waals surface area contributed by atoms with Crippen LogP contribution in [0, 0.1) is 6.92 Å². The van der Waals surface area contributed by atoms with Crippen molar-refractivity contribution in [2.75, 3.05) is 0 Å². The minimum Gasteiger partial charge on any atom is -0.429 e. The molecule has 0 bridgehead atoms. The summed E-state index contributed by atoms with van der Waals surface area (Å²) in [6, 6.07) is 21.4. The van der Waals surface area contributed by atoms with Gasteiger partial charge >= 0.3 is 0 Å². The van der Waals surface area contributed by atoms with Crippen molar-refractivity contribution >= 4 is 33.9 Å². The number of hydrogen-bond donors (Lipinski definition) is 0. The van der Waals surface area contributed by atoms with Crippen molar-refractivity contribution in [3.8, 4) is 17.1 Å². The van der Waals surface area contributed by atoms with Crippen LogP contribution in [0.25, 0.3) is 39.3 Å². The molecule has 0 spiro atoms. The van der Waals surface area contributed by atoms with E-state index in [1.54, 1.807) is 4.80 Å². The Morgan fingerprint density at radius 3 is 2.38 bits per heavy atom. The molecular weight excluding hydrogens is 424 g/mol. The van der Waals surface area contributed by atoms with E-state index in [9.17, 15) is 0 Å². The Bertz CT molecular complexity index is 1520. The van der Waals surface area contributed by atoms with E-state index in [-0.39, 0.29) is 0 Å². The van der Waals surface area contributed by atoms with Crippen LogP contribution in [-0.4, -0.2) is 30.2 Å². The normalized spacial score (nSPS) is 11.5. The number of aryl methyl sites for hydroxylation is 1. The second kappa shape index (κ2) is 7.61. The molecule has 0 saturated carbocycles. The second-order valence-corrected chi connectivity index (χ2v) is 8.17. The number of thioether (sulfide) groups is 1. The lowest BCUT2D eigenvalue weighted by Crippen LogP contribution is -1.99. The summed E-state index contributed by atoms with van der Waals surface area (Å²) in [6.45, 7) is 2.01. The Balaban J connectivity index is 1.29. The fraction of sp³-hybridized carbons (Fsp3) is 0.0870. The molecule has 8 nitrogen and oxygen atoms in total. The van der Waals surface area contributed by atoms with Crippen molar-refractivity contribution in [1.29, 1.82) is 0 Å². The Labute approximate surface area is 186 Å². The summed E-state index contributed by atoms with van der Waals surface area (Å²) < 4.78 is 11.9. The van der Waals surface area contributed by atoms with Crippen LogP contribution >= 0.6 is 11.8 Å². The molecule has 156 valence electrons. The minimum atomic E-state index is 0.449. The van der Waals surface area contributed by atoms with E-state index >= 15 is 0 Å². The molecule has 6 aromatic rings. The summed E-state index contributed by atoms with van der Waals surface area (Å²) in [5.41, 5.74) is 5.71. The van der Waals surface area contributed by atoms with Crippen LogP contribution < -0.4 is 0 Å². The molecule has 0 aliphatic rings. The van der Waals surface area contributed by atoms with Gasteiger partial charge in [-0.2, -0.15) is 0 Å². The van der Waals surface area contributed by atoms with E-state index in [1.807, 2.05) is 73.7 Å². The minimum absolute atomic E-state index is 0.449. The maximum absolute atomic E-state index is 6.08. The highest BCUT2D eigenvalue weighted by Gasteiger charge is 2.17. The Morgan fingerprint density at radius 2 is 1.59 bits per heavy atom. The first kappa shape index (κ1) is 18.8. The molecular formula is C23H16N6O2S. The third-order valence-corrected chi connectivity index (χ3v) is 5.72. The number of fused-ring (bicyclic) bond motifs is 2. The van der Waals surface area contributed by atoms with Gasteiger partial charge in [0.05, 0.1) is 5.75 Å². The van der Waals surface area contributed by atoms with Gasteiger partial charge in [-0.25, -0.2) is 4.98 Å². The van der Waals surface area contributed by atoms with Gasteiger partial charge in [0.1, 0.15) is 22.2 Å². The van der Waals surface area contributed by atoms with Crippen LogP contribution in [0.3, 0.4) is 0 Å². The summed E-state index contributed by atoms with van der Waals surface area (Å²) >= 11 is 1.40. The van der Waals surface area contributed by atoms with Crippen molar-refractivity contribution in [2.45, 2.75) is 17.9 Å². The van der Waals surface area contributed by atoms with Crippen molar-refractivity contribution < 1.29 is 8.83 Å². The van der Waals surface area contributed by atoms with Gasteiger partial charge in [-0.15, -0.1) is 25.2 Å². The van der Waals surface area contributed by atoms with E-state index in [0.717, 1.165) is 33.4 Å². The zero-order chi connectivity index (χ0) is 21.5. The van der Waals surface area contributed by atoms with Gasteiger partial charge in [-0.05, 0) is 48.9 Å². The molecule has 0 radical (unpaired) electrons. The highest BCUT2D eigenvalue weighted by atomic mass is 32.2. The van der Waals surface area contributed by atoms with Crippen molar-refractivity contribution in [3.63, 3.8) is 0 Å². The largest absolute Gasteiger partial charge is 0.429 e. The molecule has 0 unspecified atom stereocenters. The number of benzene rings is 3. The first-order valence-electron chi connectivity index (χ1n) is 9.97. The predicted octanol–water partition coefficient (Wildman–Crippen LogP) is 5.21. The highest BCUT2D eigenvalue weighted by Crippen LogP contribution is 2.31. The molecule has 0 N–H and O–H groups in total. The van der Waals surface area contributed by atoms with Crippen LogP contribution in [-0.2, 0) is 5.75 Å². The molecule has 3 aromatic heterocycles. The van der Waals surface area contributed by atoms with Crippen molar-refractivity contribution in [2.24, 2.45) is 0 Å². The van der Waals surface area contributed by atoms with Gasteiger partial charge in [0.2, 0.25) is 11.8 Å². The van der Waals surface area contributed by atoms with Crippen LogP contribution in [0.4, 0.5) is 0 Å². The zero-order valence-electron chi connectivity index (χ0n) is 17.0. The lowest BCUT2D eigenvalue weighted by molar-refractivity contribution is 0.484. The first-order chi connectivity index (χ1) is 15.7. The lowest BCUT2D eigenvalue weighted by atomic mass is 10.2. The number of hydrogen-bond acceptors (Lipinski definition) is 8. The number of aromatic nitrogens is 6. The third-order valence-electron chi connectivity index (χ3n) is 4.90. The van der Waals surface area contributed by atoms with Gasteiger partial charge < -0.3 is 8.83 Å². The Morgan fingerprint density at radius 1 is 0.844 bits per heavy atom. The van der Waals surface area contributed by atoms with Gasteiger partial charge in [0, 0.05) is 5.56 Å². The maximum atomic E-state index is 6.08. The highest BCUT2D eigenvalue weighted by molar-refractivity contribution is 7.98. The fourth-order valence-electron chi connectivity index (χ4n) is 3.44. The summed E-state index contributed by atoms with van der Waals surface area (Å²) in [5.74, 6) is 1.45. The van der Waals surface area contributed by atoms with Crippen molar-refractivity contribution in [3.05, 3.63) is 78.2 Å². The standard InChI is InChI=1S/C23H16N6O2S/c1-14-11-18-21(19(12-14)29-27-16-9-5-6-10-17(16)28-29)31-23(24-18)32-13-20-25-26-22(30-20)15-7-3-2-4-8-15/h2-12H,13H2,1H3. The zero-order valence-corrected chi connectivity index (χ0v) is 17.8. The average Bonchev–Trinajstić information content (AvgIpc) is 3.55. The second-order valence-electron chi connectivity index (χ2n) is 7.25. The quantitative estimate of drug-likeness (QED) is 0.337. The molecule has 0 atom stereocenters. The SMILES string of the molecule is Cc1cc(-n2nc3ccccc3n2)c2oc(SCc3nnc(-c4ccccc4)o3)nc2c1. The topological polar surface area (TPSA) is 95.7 Å². The van der Waals surface area contributed by atoms with Gasteiger partial charge in [0.25, 0.3) is 5.22 Å². The Kier molecular flexibility index (Phi) is 4.46. The van der Waals surface area contributed by atoms with Crippen LogP contribution in [0.15, 0.2) is 80.8 Å². The molecule has 32 heavy (non-hydrogen) atoms. The summed E-state index contributed by atoms with van der Waals surface area (Å²) in [5, 5.41) is 18.0. The molecule has 3 heterocycles. The predicted molar refractivity (Wildman–Crippen MR) is 120 cm³/mol. The van der Waals surface area contributed by atoms with Gasteiger partial charge in [-0.1, -0.05) is 42.1 Å². The number of nitrogens with zero attached hydrogens (tertiary/aromatic N) is 6. The molecule has 0 aliphatic carbocycles. The van der Waals surface area contributed by atoms with E-state index < -0.39 is 0 Å². The van der Waals surface area contributed by atoms with Gasteiger partial charge in [-0.3, -0.25) is 0 Å². The van der Waals surface area contributed by atoms with E-state index in [2.05, 4.69) is 25.4 Å². The average molecular weight is 440 g/mol. The molecule has 3 aromatic carbocycles. The van der Waals surface area contributed by atoms with E-state index in [1.165, 1.54) is 11.8 Å². The summed E-state index contributed by atoms with van der Waals surface area (Å²) in [6.07, 6.45) is 0. The maximum Gasteiger partial charge on any atom is 0.257 e. The summed E-state index contributed by atoms with van der Waals surface area (Å²) in [4.78, 5) is 6.23. The monoisotopic (exact) mass is 440 g/mol. The molecule has 0 aliphatic heterocycles. The Hall–Kier alpha value is -3.98. The molecule has 9 heteroatoms. The fourth-order valence-corrected chi connectivity index (χ4v) is 4.11. The van der Waals surface area contributed by atoms with E-state index in [0.29, 0.717) is 28.3 Å². The molecule has 0 saturated heterocycles. The van der Waals surface area contributed by atoms with Crippen LogP contribution in [0.5, 0.6) is 0 Å². The number of oxazole rings is 1. The number of rotatable bonds is 5. The lowest BCUT2D eigenvalue weighted by Gasteiger charge is -2.01. The third kappa shape index (κ3) is 3.42.